The molecule has 0 unspecified atom stereocenters. The van der Waals surface area contributed by atoms with Crippen molar-refractivity contribution < 1.29 is 14.7 Å². The summed E-state index contributed by atoms with van der Waals surface area (Å²) in [7, 11) is 0. The molecular formula is C39H42BrCl2N3O3. The van der Waals surface area contributed by atoms with Gasteiger partial charge in [0.25, 0.3) is 6.47 Å². The molecule has 1 saturated heterocycles. The molecule has 0 aromatic heterocycles. The van der Waals surface area contributed by atoms with Crippen molar-refractivity contribution in [1.29, 1.82) is 0 Å². The number of hydrogen-bond acceptors (Lipinski definition) is 6. The smallest absolute Gasteiger partial charge is 0.293 e. The van der Waals surface area contributed by atoms with E-state index < -0.39 is 23.2 Å². The highest BCUT2D eigenvalue weighted by molar-refractivity contribution is 9.10. The van der Waals surface area contributed by atoms with Crippen molar-refractivity contribution >= 4 is 51.3 Å². The van der Waals surface area contributed by atoms with Crippen molar-refractivity contribution in [3.05, 3.63) is 134 Å². The van der Waals surface area contributed by atoms with Crippen molar-refractivity contribution in [2.24, 2.45) is 5.41 Å². The minimum Gasteiger partial charge on any atom is -0.458 e. The number of nitrogens with zero attached hydrogens (tertiary/aromatic N) is 1. The van der Waals surface area contributed by atoms with Gasteiger partial charge in [0.05, 0.1) is 11.6 Å². The van der Waals surface area contributed by atoms with Crippen LogP contribution in [0.4, 0.5) is 5.69 Å². The summed E-state index contributed by atoms with van der Waals surface area (Å²) in [6.07, 6.45) is 2.58. The number of hydrogen-bond donors (Lipinski definition) is 3. The zero-order valence-corrected chi connectivity index (χ0v) is 30.5. The van der Waals surface area contributed by atoms with E-state index in [9.17, 15) is 10.0 Å². The highest BCUT2D eigenvalue weighted by Crippen LogP contribution is 2.66. The minimum atomic E-state index is -1.14. The first-order chi connectivity index (χ1) is 23.0. The number of anilines is 1. The van der Waals surface area contributed by atoms with Gasteiger partial charge < -0.3 is 15.7 Å². The summed E-state index contributed by atoms with van der Waals surface area (Å²) >= 11 is 17.0. The number of hydroxylamine groups is 1. The van der Waals surface area contributed by atoms with Crippen LogP contribution in [0.15, 0.2) is 102 Å². The summed E-state index contributed by atoms with van der Waals surface area (Å²) in [5, 5.41) is 13.0. The van der Waals surface area contributed by atoms with E-state index in [0.29, 0.717) is 22.2 Å². The van der Waals surface area contributed by atoms with E-state index >= 15 is 0 Å². The summed E-state index contributed by atoms with van der Waals surface area (Å²) in [5.41, 5.74) is 12.1. The lowest BCUT2D eigenvalue weighted by Crippen LogP contribution is -2.66. The van der Waals surface area contributed by atoms with Crippen LogP contribution < -0.4 is 11.2 Å². The Bertz CT molecular complexity index is 1730. The van der Waals surface area contributed by atoms with Crippen molar-refractivity contribution in [2.75, 3.05) is 5.73 Å². The SMILES string of the molecule is C[C@H]1[C@H](c2cc(Cl)cc(Br)c2)[C@](NO)(c2ccc(Cl)cc2N)C2(CCC(C)(C)CC2)N1[C@H](c1ccccc1)[C@@H](OC=O)c1ccccc1. The maximum atomic E-state index is 12.4. The van der Waals surface area contributed by atoms with Crippen LogP contribution in [0.2, 0.25) is 10.0 Å². The molecule has 6 nitrogen and oxygen atoms in total. The van der Waals surface area contributed by atoms with Crippen LogP contribution in [-0.4, -0.2) is 28.2 Å². The van der Waals surface area contributed by atoms with Crippen molar-refractivity contribution in [3.63, 3.8) is 0 Å². The second kappa shape index (κ2) is 13.8. The fraction of sp³-hybridized carbons (Fsp3) is 0.359. The number of nitrogens with one attached hydrogen (secondary N) is 1. The second-order valence-electron chi connectivity index (χ2n) is 14.1. The molecule has 1 aliphatic heterocycles. The zero-order valence-electron chi connectivity index (χ0n) is 27.4. The third-order valence-corrected chi connectivity index (χ3v) is 11.9. The molecule has 252 valence electrons. The van der Waals surface area contributed by atoms with Crippen LogP contribution >= 0.6 is 39.1 Å². The third-order valence-electron chi connectivity index (χ3n) is 11.0. The van der Waals surface area contributed by atoms with Gasteiger partial charge in [0.2, 0.25) is 0 Å². The number of nitrogen functional groups attached to an aromatic ring is 1. The number of likely N-dealkylation sites (tertiary alicyclic amines) is 1. The molecular weight excluding hydrogens is 709 g/mol. The molecule has 1 aliphatic carbocycles. The van der Waals surface area contributed by atoms with Gasteiger partial charge in [-0.15, -0.1) is 0 Å². The molecule has 9 heteroatoms. The van der Waals surface area contributed by atoms with Crippen LogP contribution in [0.5, 0.6) is 0 Å². The van der Waals surface area contributed by atoms with E-state index in [-0.39, 0.29) is 17.4 Å². The Kier molecular flexibility index (Phi) is 10.0. The van der Waals surface area contributed by atoms with Crippen LogP contribution in [0, 0.1) is 5.41 Å². The summed E-state index contributed by atoms with van der Waals surface area (Å²) in [5.74, 6) is -0.374. The van der Waals surface area contributed by atoms with Gasteiger partial charge in [-0.1, -0.05) is 120 Å². The topological polar surface area (TPSA) is 87.8 Å². The molecule has 1 heterocycles. The first kappa shape index (κ1) is 34.9. The minimum absolute atomic E-state index is 0.0738. The third kappa shape index (κ3) is 5.97. The van der Waals surface area contributed by atoms with Crippen molar-refractivity contribution in [1.82, 2.24) is 10.4 Å². The predicted octanol–water partition coefficient (Wildman–Crippen LogP) is 9.99. The fourth-order valence-corrected chi connectivity index (χ4v) is 9.98. The first-order valence-electron chi connectivity index (χ1n) is 16.4. The lowest BCUT2D eigenvalue weighted by Gasteiger charge is -2.57. The quantitative estimate of drug-likeness (QED) is 0.0897. The van der Waals surface area contributed by atoms with Crippen LogP contribution in [0.25, 0.3) is 0 Å². The molecule has 5 atom stereocenters. The predicted molar refractivity (Wildman–Crippen MR) is 196 cm³/mol. The van der Waals surface area contributed by atoms with E-state index in [1.165, 1.54) is 0 Å². The molecule has 6 rings (SSSR count). The lowest BCUT2D eigenvalue weighted by molar-refractivity contribution is -0.145. The van der Waals surface area contributed by atoms with E-state index in [0.717, 1.165) is 52.4 Å². The molecule has 0 bridgehead atoms. The molecule has 4 N–H and O–H groups in total. The molecule has 1 saturated carbocycles. The van der Waals surface area contributed by atoms with Gasteiger partial charge in [-0.2, -0.15) is 5.48 Å². The highest BCUT2D eigenvalue weighted by Gasteiger charge is 2.71. The van der Waals surface area contributed by atoms with Gasteiger partial charge in [0, 0.05) is 37.7 Å². The molecule has 4 aromatic rings. The molecule has 2 aliphatic rings. The molecule has 1 spiro atoms. The highest BCUT2D eigenvalue weighted by atomic mass is 79.9. The van der Waals surface area contributed by atoms with Crippen LogP contribution in [-0.2, 0) is 15.1 Å². The van der Waals surface area contributed by atoms with Crippen molar-refractivity contribution in [2.45, 2.75) is 81.6 Å². The van der Waals surface area contributed by atoms with E-state index in [1.54, 1.807) is 6.07 Å². The summed E-state index contributed by atoms with van der Waals surface area (Å²) in [6, 6.07) is 30.9. The Balaban J connectivity index is 1.73. The van der Waals surface area contributed by atoms with Crippen LogP contribution in [0.1, 0.15) is 86.8 Å². The first-order valence-corrected chi connectivity index (χ1v) is 17.9. The normalized spacial score (nSPS) is 24.6. The summed E-state index contributed by atoms with van der Waals surface area (Å²) < 4.78 is 6.96. The monoisotopic (exact) mass is 749 g/mol. The fourth-order valence-electron chi connectivity index (χ4n) is 8.92. The van der Waals surface area contributed by atoms with Gasteiger partial charge in [0.15, 0.2) is 0 Å². The number of benzene rings is 4. The standard InChI is InChI=1S/C39H42BrCl2N3O3/c1-25-34(28-20-29(40)22-31(42)21-28)39(44-47,32-15-14-30(41)23-33(32)43)38(18-16-37(2,3)17-19-38)45(25)35(26-10-6-4-7-11-26)36(48-24-46)27-12-8-5-9-13-27/h4-15,20-25,34-36,44,47H,16-19,43H2,1-3H3/t25-,34+,35+,36-,39+/m0/s1. The van der Waals surface area contributed by atoms with E-state index in [4.69, 9.17) is 33.7 Å². The van der Waals surface area contributed by atoms with E-state index in [2.05, 4.69) is 65.3 Å². The largest absolute Gasteiger partial charge is 0.458 e. The molecule has 0 amide bonds. The lowest BCUT2D eigenvalue weighted by atomic mass is 9.57. The molecule has 48 heavy (non-hydrogen) atoms. The maximum Gasteiger partial charge on any atom is 0.293 e. The Morgan fingerprint density at radius 2 is 1.54 bits per heavy atom. The number of carbonyl (C=O) groups excluding carboxylic acids is 1. The number of ether oxygens (including phenoxy) is 1. The van der Waals surface area contributed by atoms with Gasteiger partial charge >= 0.3 is 0 Å². The average molecular weight is 752 g/mol. The van der Waals surface area contributed by atoms with E-state index in [1.807, 2.05) is 72.8 Å². The molecule has 4 aromatic carbocycles. The second-order valence-corrected chi connectivity index (χ2v) is 15.9. The van der Waals surface area contributed by atoms with Crippen LogP contribution in [0.3, 0.4) is 0 Å². The van der Waals surface area contributed by atoms with Gasteiger partial charge in [0.1, 0.15) is 6.10 Å². The molecule has 2 fully saturated rings. The average Bonchev–Trinajstić information content (AvgIpc) is 3.27. The number of rotatable bonds is 9. The number of halogens is 3. The Morgan fingerprint density at radius 1 is 0.917 bits per heavy atom. The molecule has 0 radical (unpaired) electrons. The Morgan fingerprint density at radius 3 is 2.10 bits per heavy atom. The Labute approximate surface area is 301 Å². The summed E-state index contributed by atoms with van der Waals surface area (Å²) in [4.78, 5) is 14.9. The van der Waals surface area contributed by atoms with Crippen molar-refractivity contribution in [3.8, 4) is 0 Å². The zero-order chi connectivity index (χ0) is 34.3. The van der Waals surface area contributed by atoms with Gasteiger partial charge in [-0.05, 0) is 90.6 Å². The number of nitrogens with two attached hydrogens (primary N) is 1. The number of carbonyl (C=O) groups is 1. The maximum absolute atomic E-state index is 12.4. The van der Waals surface area contributed by atoms with Gasteiger partial charge in [-0.25, -0.2) is 0 Å². The summed E-state index contributed by atoms with van der Waals surface area (Å²) in [6.45, 7) is 7.35. The Hall–Kier alpha value is -2.91. The van der Waals surface area contributed by atoms with Gasteiger partial charge in [-0.3, -0.25) is 9.69 Å².